The van der Waals surface area contributed by atoms with Crippen molar-refractivity contribution >= 4 is 52.6 Å². The van der Waals surface area contributed by atoms with Gasteiger partial charge in [-0.3, -0.25) is 34.2 Å². The van der Waals surface area contributed by atoms with Gasteiger partial charge in [-0.15, -0.1) is 0 Å². The summed E-state index contributed by atoms with van der Waals surface area (Å²) < 4.78 is 6.08. The predicted molar refractivity (Wildman–Crippen MR) is 216 cm³/mol. The number of hydrogen-bond donors (Lipinski definition) is 2. The summed E-state index contributed by atoms with van der Waals surface area (Å²) in [5.41, 5.74) is 2.26. The van der Waals surface area contributed by atoms with Crippen molar-refractivity contribution in [2.24, 2.45) is 17.8 Å². The number of halogens is 1. The maximum absolute atomic E-state index is 13.4. The number of ether oxygens (including phenoxy) is 1. The summed E-state index contributed by atoms with van der Waals surface area (Å²) in [6.45, 7) is 6.68. The quantitative estimate of drug-likeness (QED) is 0.299. The Hall–Kier alpha value is -5.59. The highest BCUT2D eigenvalue weighted by molar-refractivity contribution is 6.31. The first kappa shape index (κ1) is 38.9. The van der Waals surface area contributed by atoms with Crippen LogP contribution in [0.5, 0.6) is 5.75 Å². The van der Waals surface area contributed by atoms with Crippen molar-refractivity contribution < 1.29 is 28.7 Å². The molecule has 59 heavy (non-hydrogen) atoms. The molecule has 9 rings (SSSR count). The normalized spacial score (nSPS) is 26.1. The fraction of sp³-hybridized carbons (Fsp3) is 0.488. The van der Waals surface area contributed by atoms with Crippen LogP contribution in [0.15, 0.2) is 48.8 Å². The highest BCUT2D eigenvalue weighted by Crippen LogP contribution is 2.38. The van der Waals surface area contributed by atoms with Crippen LogP contribution in [0.3, 0.4) is 0 Å². The summed E-state index contributed by atoms with van der Waals surface area (Å²) >= 11 is 6.15. The number of carbonyl (C=O) groups is 5. The summed E-state index contributed by atoms with van der Waals surface area (Å²) in [6.07, 6.45) is 8.82. The largest absolute Gasteiger partial charge is 0.490 e. The minimum atomic E-state index is -0.970. The third kappa shape index (κ3) is 7.95. The number of imide groups is 2. The number of likely N-dealkylation sites (tertiary alicyclic amines) is 1. The summed E-state index contributed by atoms with van der Waals surface area (Å²) in [7, 11) is 0. The molecule has 4 saturated heterocycles. The second kappa shape index (κ2) is 16.2. The Kier molecular flexibility index (Phi) is 10.7. The van der Waals surface area contributed by atoms with E-state index in [9.17, 15) is 24.0 Å². The molecule has 5 aliphatic heterocycles. The first-order chi connectivity index (χ1) is 28.6. The van der Waals surface area contributed by atoms with Gasteiger partial charge in [0.2, 0.25) is 11.8 Å². The summed E-state index contributed by atoms with van der Waals surface area (Å²) in [5.74, 6) is 0.899. The van der Waals surface area contributed by atoms with Crippen LogP contribution < -0.4 is 25.2 Å². The molecule has 6 heterocycles. The zero-order chi connectivity index (χ0) is 40.8. The molecule has 3 aromatic rings. The minimum absolute atomic E-state index is 0.0220. The topological polar surface area (TPSA) is 181 Å². The summed E-state index contributed by atoms with van der Waals surface area (Å²) in [4.78, 5) is 80.9. The predicted octanol–water partition coefficient (Wildman–Crippen LogP) is 3.81. The Morgan fingerprint density at radius 3 is 2.29 bits per heavy atom. The fourth-order valence-electron chi connectivity index (χ4n) is 9.85. The van der Waals surface area contributed by atoms with Crippen molar-refractivity contribution in [3.8, 4) is 11.8 Å². The molecule has 0 spiro atoms. The monoisotopic (exact) mass is 819 g/mol. The molecule has 5 fully saturated rings. The number of nitrogens with zero attached hydrogens (tertiary/aromatic N) is 7. The van der Waals surface area contributed by atoms with Gasteiger partial charge in [0, 0.05) is 70.0 Å². The molecule has 0 radical (unpaired) electrons. The van der Waals surface area contributed by atoms with Crippen LogP contribution in [0.25, 0.3) is 0 Å². The molecule has 6 aliphatic rings. The highest BCUT2D eigenvalue weighted by atomic mass is 35.5. The molecule has 306 valence electrons. The molecule has 3 atom stereocenters. The number of piperidine rings is 2. The van der Waals surface area contributed by atoms with E-state index in [0.29, 0.717) is 50.9 Å². The molecule has 1 aromatic heterocycles. The molecular formula is C43H46ClN9O6. The number of amides is 5. The SMILES string of the molecule is N#Cc1ccc(O[C@H]2CC[C@H](NC(=O)c3cnc(N4CCC(CN5CC6CN(c7ccc8c(c7)C(=O)N(C7CCC(=O)NC7=O)C8=O)CC6C5)CC4)cn3)CC2)cc1Cl. The number of rotatable bonds is 9. The van der Waals surface area contributed by atoms with Gasteiger partial charge in [-0.1, -0.05) is 11.6 Å². The van der Waals surface area contributed by atoms with Gasteiger partial charge in [-0.2, -0.15) is 5.26 Å². The van der Waals surface area contributed by atoms with Gasteiger partial charge in [0.05, 0.1) is 40.2 Å². The van der Waals surface area contributed by atoms with Crippen molar-refractivity contribution in [1.29, 1.82) is 5.26 Å². The van der Waals surface area contributed by atoms with E-state index < -0.39 is 23.8 Å². The van der Waals surface area contributed by atoms with Crippen molar-refractivity contribution in [2.75, 3.05) is 55.6 Å². The van der Waals surface area contributed by atoms with Crippen LogP contribution in [-0.2, 0) is 9.59 Å². The molecule has 5 amide bonds. The van der Waals surface area contributed by atoms with Gasteiger partial charge in [0.1, 0.15) is 29.4 Å². The number of anilines is 2. The van der Waals surface area contributed by atoms with Crippen LogP contribution in [0.4, 0.5) is 11.5 Å². The van der Waals surface area contributed by atoms with Gasteiger partial charge in [0.25, 0.3) is 17.7 Å². The van der Waals surface area contributed by atoms with E-state index in [4.69, 9.17) is 21.6 Å². The van der Waals surface area contributed by atoms with Gasteiger partial charge in [-0.25, -0.2) is 9.97 Å². The Balaban J connectivity index is 0.699. The van der Waals surface area contributed by atoms with Gasteiger partial charge >= 0.3 is 0 Å². The lowest BCUT2D eigenvalue weighted by Crippen LogP contribution is -2.54. The molecule has 0 bridgehead atoms. The Labute approximate surface area is 347 Å². The maximum atomic E-state index is 13.4. The highest BCUT2D eigenvalue weighted by Gasteiger charge is 2.46. The zero-order valence-corrected chi connectivity index (χ0v) is 33.4. The van der Waals surface area contributed by atoms with Gasteiger partial charge in [0.15, 0.2) is 0 Å². The van der Waals surface area contributed by atoms with Crippen molar-refractivity contribution in [2.45, 2.75) is 69.6 Å². The molecule has 2 aromatic carbocycles. The van der Waals surface area contributed by atoms with Crippen LogP contribution >= 0.6 is 11.6 Å². The summed E-state index contributed by atoms with van der Waals surface area (Å²) in [5, 5.41) is 14.8. The molecule has 1 saturated carbocycles. The summed E-state index contributed by atoms with van der Waals surface area (Å²) in [6, 6.07) is 11.6. The first-order valence-corrected chi connectivity index (χ1v) is 21.0. The number of carbonyl (C=O) groups excluding carboxylic acids is 5. The lowest BCUT2D eigenvalue weighted by molar-refractivity contribution is -0.136. The standard InChI is InChI=1S/C43H46ClN9O6/c44-35-16-32(5-1-26(35)17-45)59-31-6-2-29(3-7-31)48-40(55)36-18-47-38(19-46-36)51-13-11-25(12-14-51)20-50-21-27-23-52(24-28(27)22-50)30-4-8-33-34(15-30)43(58)53(42(33)57)37-9-10-39(54)49-41(37)56/h1,4-5,8,15-16,18-19,25,27-29,31,37H,2-3,6-7,9-14,20-24H2,(H,48,55)(H,49,54,56)/t27?,28?,29-,31-,37?. The Morgan fingerprint density at radius 2 is 1.61 bits per heavy atom. The third-order valence-corrected chi connectivity index (χ3v) is 13.4. The average molecular weight is 820 g/mol. The molecule has 3 unspecified atom stereocenters. The van der Waals surface area contributed by atoms with E-state index in [-0.39, 0.29) is 36.8 Å². The van der Waals surface area contributed by atoms with Crippen LogP contribution in [0.1, 0.15) is 88.1 Å². The number of nitrogens with one attached hydrogen (secondary N) is 2. The molecule has 15 nitrogen and oxygen atoms in total. The second-order valence-corrected chi connectivity index (χ2v) is 17.2. The zero-order valence-electron chi connectivity index (χ0n) is 32.6. The van der Waals surface area contributed by atoms with E-state index in [0.717, 1.165) is 101 Å². The number of benzene rings is 2. The molecule has 2 N–H and O–H groups in total. The van der Waals surface area contributed by atoms with Crippen molar-refractivity contribution in [3.63, 3.8) is 0 Å². The molecule has 1 aliphatic carbocycles. The van der Waals surface area contributed by atoms with Crippen LogP contribution in [-0.4, -0.2) is 113 Å². The lowest BCUT2D eigenvalue weighted by atomic mass is 9.93. The minimum Gasteiger partial charge on any atom is -0.490 e. The average Bonchev–Trinajstić information content (AvgIpc) is 3.88. The maximum Gasteiger partial charge on any atom is 0.271 e. The third-order valence-electron chi connectivity index (χ3n) is 13.0. The number of hydrogen-bond acceptors (Lipinski definition) is 12. The van der Waals surface area contributed by atoms with E-state index in [2.05, 4.69) is 41.4 Å². The van der Waals surface area contributed by atoms with Crippen LogP contribution in [0, 0.1) is 29.1 Å². The van der Waals surface area contributed by atoms with Crippen molar-refractivity contribution in [3.05, 3.63) is 76.2 Å². The van der Waals surface area contributed by atoms with Gasteiger partial charge < -0.3 is 24.8 Å². The smallest absolute Gasteiger partial charge is 0.271 e. The van der Waals surface area contributed by atoms with E-state index in [1.54, 1.807) is 42.7 Å². The second-order valence-electron chi connectivity index (χ2n) is 16.8. The lowest BCUT2D eigenvalue weighted by Gasteiger charge is -2.34. The first-order valence-electron chi connectivity index (χ1n) is 20.7. The Morgan fingerprint density at radius 1 is 0.864 bits per heavy atom. The van der Waals surface area contributed by atoms with E-state index in [1.807, 2.05) is 6.07 Å². The number of fused-ring (bicyclic) bond motifs is 2. The number of aromatic nitrogens is 2. The van der Waals surface area contributed by atoms with E-state index in [1.165, 1.54) is 0 Å². The number of nitriles is 1. The fourth-order valence-corrected chi connectivity index (χ4v) is 10.1. The van der Waals surface area contributed by atoms with Crippen molar-refractivity contribution in [1.82, 2.24) is 30.4 Å². The van der Waals surface area contributed by atoms with Crippen LogP contribution in [0.2, 0.25) is 5.02 Å². The Bertz CT molecular complexity index is 2200. The molecule has 16 heteroatoms. The van der Waals surface area contributed by atoms with Gasteiger partial charge in [-0.05, 0) is 93.0 Å². The molecular weight excluding hydrogens is 774 g/mol. The van der Waals surface area contributed by atoms with E-state index >= 15 is 0 Å².